The first-order valence-electron chi connectivity index (χ1n) is 4.30. The van der Waals surface area contributed by atoms with Crippen molar-refractivity contribution in [3.8, 4) is 0 Å². The van der Waals surface area contributed by atoms with E-state index in [0.29, 0.717) is 12.1 Å². The molecule has 3 nitrogen and oxygen atoms in total. The Morgan fingerprint density at radius 3 is 2.47 bits per heavy atom. The monoisotopic (exact) mass is 241 g/mol. The molecule has 5 heteroatoms. The Kier molecular flexibility index (Phi) is 4.23. The summed E-state index contributed by atoms with van der Waals surface area (Å²) in [5.41, 5.74) is 2.45. The molecular weight excluding hydrogens is 230 g/mol. The van der Waals surface area contributed by atoms with Crippen LogP contribution in [-0.4, -0.2) is 10.4 Å². The number of hydrogen-bond acceptors (Lipinski definition) is 2. The Bertz CT molecular complexity index is 404. The summed E-state index contributed by atoms with van der Waals surface area (Å²) in [6, 6.07) is 5.22. The molecule has 15 heavy (non-hydrogen) atoms. The van der Waals surface area contributed by atoms with Gasteiger partial charge in [0.1, 0.15) is 0 Å². The van der Waals surface area contributed by atoms with Gasteiger partial charge in [0.15, 0.2) is 0 Å². The van der Waals surface area contributed by atoms with Crippen molar-refractivity contribution in [3.05, 3.63) is 34.9 Å². The first kappa shape index (κ1) is 12.1. The molecule has 0 unspecified atom stereocenters. The zero-order valence-electron chi connectivity index (χ0n) is 8.15. The van der Waals surface area contributed by atoms with Crippen LogP contribution in [0.5, 0.6) is 0 Å². The van der Waals surface area contributed by atoms with Gasteiger partial charge in [-0.3, -0.25) is 9.59 Å². The molecule has 0 heterocycles. The molecule has 1 rings (SSSR count). The van der Waals surface area contributed by atoms with E-state index in [1.54, 1.807) is 18.2 Å². The summed E-state index contributed by atoms with van der Waals surface area (Å²) in [4.78, 5) is 21.5. The largest absolute Gasteiger partial charge is 0.343 e. The van der Waals surface area contributed by atoms with Gasteiger partial charge >= 0.3 is 0 Å². The summed E-state index contributed by atoms with van der Waals surface area (Å²) >= 11 is 7.33. The maximum Gasteiger partial charge on any atom is 0.276 e. The van der Waals surface area contributed by atoms with E-state index in [9.17, 15) is 9.59 Å². The fourth-order valence-electron chi connectivity index (χ4n) is 1.20. The van der Waals surface area contributed by atoms with Gasteiger partial charge in [-0.05, 0) is 24.1 Å². The molecule has 1 aromatic carbocycles. The Balaban J connectivity index is 2.83. The predicted molar refractivity (Wildman–Crippen MR) is 65.7 cm³/mol. The minimum absolute atomic E-state index is 0.261. The van der Waals surface area contributed by atoms with Gasteiger partial charge in [0.05, 0.1) is 0 Å². The van der Waals surface area contributed by atoms with E-state index in [0.717, 1.165) is 11.1 Å². The molecule has 0 atom stereocenters. The van der Waals surface area contributed by atoms with Gasteiger partial charge in [0, 0.05) is 12.1 Å². The average molecular weight is 241 g/mol. The highest BCUT2D eigenvalue weighted by molar-refractivity contribution is 7.97. The van der Waals surface area contributed by atoms with Gasteiger partial charge < -0.3 is 5.32 Å². The molecule has 0 aliphatic heterocycles. The maximum atomic E-state index is 11.0. The lowest BCUT2D eigenvalue weighted by Crippen LogP contribution is -2.16. The van der Waals surface area contributed by atoms with Crippen LogP contribution >= 0.6 is 25.3 Å². The van der Waals surface area contributed by atoms with Crippen molar-refractivity contribution in [3.63, 3.8) is 0 Å². The van der Waals surface area contributed by atoms with Crippen LogP contribution in [0.1, 0.15) is 21.5 Å². The lowest BCUT2D eigenvalue weighted by molar-refractivity contribution is 0.109. The number of carbonyl (C=O) groups is 2. The zero-order valence-corrected chi connectivity index (χ0v) is 9.94. The number of rotatable bonds is 3. The summed E-state index contributed by atoms with van der Waals surface area (Å²) in [6.45, 7) is 2.29. The van der Waals surface area contributed by atoms with Gasteiger partial charge in [0.2, 0.25) is 5.12 Å². The summed E-state index contributed by atoms with van der Waals surface area (Å²) in [5.74, 6) is 0. The second kappa shape index (κ2) is 5.23. The van der Waals surface area contributed by atoms with E-state index in [1.807, 2.05) is 6.92 Å². The number of nitrogens with one attached hydrogen (secondary N) is 1. The van der Waals surface area contributed by atoms with Crippen LogP contribution < -0.4 is 5.32 Å². The molecule has 0 saturated heterocycles. The maximum absolute atomic E-state index is 11.0. The minimum Gasteiger partial charge on any atom is -0.343 e. The normalized spacial score (nSPS) is 9.80. The van der Waals surface area contributed by atoms with Crippen molar-refractivity contribution in [1.29, 1.82) is 0 Å². The van der Waals surface area contributed by atoms with Crippen molar-refractivity contribution >= 4 is 35.6 Å². The third-order valence-electron chi connectivity index (χ3n) is 2.02. The van der Waals surface area contributed by atoms with Crippen LogP contribution in [0, 0.1) is 6.92 Å². The lowest BCUT2D eigenvalue weighted by atomic mass is 10.1. The van der Waals surface area contributed by atoms with E-state index < -0.39 is 0 Å². The Morgan fingerprint density at radius 2 is 2.00 bits per heavy atom. The van der Waals surface area contributed by atoms with Crippen molar-refractivity contribution in [2.45, 2.75) is 13.5 Å². The molecular formula is C10H11NO2S2. The molecule has 0 spiro atoms. The van der Waals surface area contributed by atoms with E-state index in [-0.39, 0.29) is 10.4 Å². The van der Waals surface area contributed by atoms with Gasteiger partial charge in [-0.2, -0.15) is 0 Å². The zero-order chi connectivity index (χ0) is 11.4. The van der Waals surface area contributed by atoms with E-state index in [4.69, 9.17) is 0 Å². The molecule has 0 fully saturated rings. The topological polar surface area (TPSA) is 46.2 Å². The van der Waals surface area contributed by atoms with Crippen LogP contribution in [0.2, 0.25) is 0 Å². The molecule has 0 radical (unpaired) electrons. The van der Waals surface area contributed by atoms with Crippen molar-refractivity contribution < 1.29 is 9.59 Å². The molecule has 0 aliphatic rings. The van der Waals surface area contributed by atoms with Crippen LogP contribution in [0.15, 0.2) is 18.2 Å². The van der Waals surface area contributed by atoms with Gasteiger partial charge in [-0.25, -0.2) is 0 Å². The van der Waals surface area contributed by atoms with Crippen molar-refractivity contribution in [2.24, 2.45) is 0 Å². The molecule has 0 aliphatic carbocycles. The van der Waals surface area contributed by atoms with Gasteiger partial charge in [-0.1, -0.05) is 24.8 Å². The van der Waals surface area contributed by atoms with E-state index in [2.05, 4.69) is 30.6 Å². The number of carbonyl (C=O) groups excluding carboxylic acids is 2. The van der Waals surface area contributed by atoms with Crippen LogP contribution in [-0.2, 0) is 6.54 Å². The summed E-state index contributed by atoms with van der Waals surface area (Å²) in [5, 5.41) is 1.94. The van der Waals surface area contributed by atoms with Crippen LogP contribution in [0.3, 0.4) is 0 Å². The highest BCUT2D eigenvalue weighted by atomic mass is 32.1. The quantitative estimate of drug-likeness (QED) is 0.710. The SMILES string of the molecule is Cc1cc(C(=O)S)ccc1CNC(=O)S. The van der Waals surface area contributed by atoms with Gasteiger partial charge in [-0.15, -0.1) is 12.6 Å². The van der Waals surface area contributed by atoms with E-state index in [1.165, 1.54) is 0 Å². The number of thiol groups is 2. The molecule has 0 aromatic heterocycles. The summed E-state index contributed by atoms with van der Waals surface area (Å²) < 4.78 is 0. The third-order valence-corrected chi connectivity index (χ3v) is 2.44. The molecule has 0 bridgehead atoms. The standard InChI is InChI=1S/C10H11NO2S2/c1-6-4-7(9(12)14)2-3-8(6)5-11-10(13)15/h2-4H,5H2,1H3,(H,12,14)(H2,11,13,15). The van der Waals surface area contributed by atoms with E-state index >= 15 is 0 Å². The Labute approximate surface area is 99.1 Å². The molecule has 80 valence electrons. The second-order valence-electron chi connectivity index (χ2n) is 3.11. The van der Waals surface area contributed by atoms with Crippen LogP contribution in [0.25, 0.3) is 0 Å². The Morgan fingerprint density at radius 1 is 1.33 bits per heavy atom. The summed E-state index contributed by atoms with van der Waals surface area (Å²) in [6.07, 6.45) is 0. The number of aryl methyl sites for hydroxylation is 1. The summed E-state index contributed by atoms with van der Waals surface area (Å²) in [7, 11) is 0. The Hall–Kier alpha value is -0.940. The van der Waals surface area contributed by atoms with Crippen LogP contribution in [0.4, 0.5) is 4.79 Å². The predicted octanol–water partition coefficient (Wildman–Crippen LogP) is 2.20. The third kappa shape index (κ3) is 3.60. The fraction of sp³-hybridized carbons (Fsp3) is 0.200. The minimum atomic E-state index is -0.372. The molecule has 1 aromatic rings. The van der Waals surface area contributed by atoms with Crippen molar-refractivity contribution in [1.82, 2.24) is 5.32 Å². The number of hydrogen-bond donors (Lipinski definition) is 3. The first-order valence-corrected chi connectivity index (χ1v) is 5.20. The first-order chi connectivity index (χ1) is 7.00. The second-order valence-corrected chi connectivity index (χ2v) is 3.92. The molecule has 1 N–H and O–H groups in total. The highest BCUT2D eigenvalue weighted by Gasteiger charge is 2.04. The number of benzene rings is 1. The fourth-order valence-corrected chi connectivity index (χ4v) is 1.42. The van der Waals surface area contributed by atoms with Gasteiger partial charge in [0.25, 0.3) is 5.24 Å². The highest BCUT2D eigenvalue weighted by Crippen LogP contribution is 2.12. The molecule has 1 amide bonds. The lowest BCUT2D eigenvalue weighted by Gasteiger charge is -2.07. The number of amides is 1. The van der Waals surface area contributed by atoms with Crippen molar-refractivity contribution in [2.75, 3.05) is 0 Å². The average Bonchev–Trinajstić information content (AvgIpc) is 2.15. The molecule has 0 saturated carbocycles. The smallest absolute Gasteiger partial charge is 0.276 e.